The second kappa shape index (κ2) is 11.2. The number of aryl methyl sites for hydroxylation is 2. The van der Waals surface area contributed by atoms with Gasteiger partial charge >= 0.3 is 0 Å². The molecule has 0 spiro atoms. The van der Waals surface area contributed by atoms with E-state index in [0.29, 0.717) is 18.1 Å². The second-order valence-electron chi connectivity index (χ2n) is 9.67. The summed E-state index contributed by atoms with van der Waals surface area (Å²) in [6.45, 7) is 6.96. The van der Waals surface area contributed by atoms with Gasteiger partial charge < -0.3 is 20.1 Å². The Labute approximate surface area is 229 Å². The summed E-state index contributed by atoms with van der Waals surface area (Å²) < 4.78 is 2.30. The molecule has 0 bridgehead atoms. The molecule has 1 fully saturated rings. The van der Waals surface area contributed by atoms with Gasteiger partial charge in [-0.05, 0) is 86.1 Å². The van der Waals surface area contributed by atoms with Crippen LogP contribution in [-0.4, -0.2) is 32.0 Å². The number of aromatic nitrogens is 2. The largest absolute Gasteiger partial charge is 0.352 e. The van der Waals surface area contributed by atoms with Crippen molar-refractivity contribution < 1.29 is 4.79 Å². The lowest BCUT2D eigenvalue weighted by molar-refractivity contribution is -0.116. The molecule has 38 heavy (non-hydrogen) atoms. The summed E-state index contributed by atoms with van der Waals surface area (Å²) >= 11 is 5.83. The van der Waals surface area contributed by atoms with Crippen molar-refractivity contribution in [2.24, 2.45) is 0 Å². The Balaban J connectivity index is 1.47. The van der Waals surface area contributed by atoms with Crippen molar-refractivity contribution in [1.82, 2.24) is 19.8 Å². The van der Waals surface area contributed by atoms with Gasteiger partial charge in [-0.3, -0.25) is 9.78 Å². The molecule has 0 aliphatic carbocycles. The van der Waals surface area contributed by atoms with Gasteiger partial charge in [0, 0.05) is 41.9 Å². The molecule has 7 heteroatoms. The number of hydrogen-bond donors (Lipinski definition) is 2. The van der Waals surface area contributed by atoms with E-state index in [0.717, 1.165) is 34.9 Å². The Hall–Kier alpha value is -3.97. The number of pyridine rings is 1. The molecule has 2 aromatic heterocycles. The van der Waals surface area contributed by atoms with E-state index in [-0.39, 0.29) is 18.0 Å². The van der Waals surface area contributed by atoms with Gasteiger partial charge in [0.05, 0.1) is 17.8 Å². The fourth-order valence-electron chi connectivity index (χ4n) is 5.32. The van der Waals surface area contributed by atoms with E-state index >= 15 is 0 Å². The lowest BCUT2D eigenvalue weighted by atomic mass is 9.96. The van der Waals surface area contributed by atoms with Gasteiger partial charge in [0.25, 0.3) is 0 Å². The summed E-state index contributed by atoms with van der Waals surface area (Å²) in [5, 5.41) is 7.13. The van der Waals surface area contributed by atoms with Crippen LogP contribution in [0.15, 0.2) is 85.1 Å². The molecule has 0 unspecified atom stereocenters. The first-order valence-corrected chi connectivity index (χ1v) is 13.5. The van der Waals surface area contributed by atoms with Crippen molar-refractivity contribution in [2.75, 3.05) is 11.9 Å². The molecule has 3 heterocycles. The number of thiocarbonyl (C=S) groups is 1. The maximum atomic E-state index is 12.8. The average molecular weight is 524 g/mol. The highest BCUT2D eigenvalue weighted by Crippen LogP contribution is 2.41. The maximum absolute atomic E-state index is 12.8. The number of benzene rings is 2. The quantitative estimate of drug-likeness (QED) is 0.275. The number of nitrogens with zero attached hydrogens (tertiary/aromatic N) is 3. The summed E-state index contributed by atoms with van der Waals surface area (Å²) in [5.74, 6) is -0.0412. The molecule has 4 aromatic rings. The fraction of sp³-hybridized carbons (Fsp3) is 0.258. The Morgan fingerprint density at radius 2 is 1.76 bits per heavy atom. The lowest BCUT2D eigenvalue weighted by Crippen LogP contribution is -2.32. The molecule has 194 valence electrons. The van der Waals surface area contributed by atoms with E-state index in [1.54, 1.807) is 0 Å². The molecule has 1 aliphatic rings. The zero-order valence-corrected chi connectivity index (χ0v) is 22.8. The summed E-state index contributed by atoms with van der Waals surface area (Å²) in [7, 11) is 0. The number of nitrogens with one attached hydrogen (secondary N) is 2. The highest BCUT2D eigenvalue weighted by atomic mass is 32.1. The van der Waals surface area contributed by atoms with Gasteiger partial charge in [0.2, 0.25) is 5.91 Å². The summed E-state index contributed by atoms with van der Waals surface area (Å²) in [5.41, 5.74) is 7.66. The SMILES string of the molecule is CCc1ccc(-n2c(C)cc([C@@H]3[C@@H](c4ccccn4)NC(=S)N3CCC(=O)Nc3ccccc3)c2C)cc1. The molecule has 6 nitrogen and oxygen atoms in total. The predicted molar refractivity (Wildman–Crippen MR) is 156 cm³/mol. The smallest absolute Gasteiger partial charge is 0.226 e. The van der Waals surface area contributed by atoms with Crippen molar-refractivity contribution in [3.05, 3.63) is 113 Å². The molecule has 2 aromatic carbocycles. The van der Waals surface area contributed by atoms with Crippen LogP contribution in [0.3, 0.4) is 0 Å². The fourth-order valence-corrected chi connectivity index (χ4v) is 5.65. The van der Waals surface area contributed by atoms with E-state index in [4.69, 9.17) is 12.2 Å². The van der Waals surface area contributed by atoms with Crippen LogP contribution in [0.1, 0.15) is 53.6 Å². The number of para-hydroxylation sites is 1. The van der Waals surface area contributed by atoms with E-state index in [2.05, 4.69) is 76.2 Å². The second-order valence-corrected chi connectivity index (χ2v) is 10.1. The van der Waals surface area contributed by atoms with Gasteiger partial charge in [-0.15, -0.1) is 0 Å². The van der Waals surface area contributed by atoms with Crippen LogP contribution in [0.2, 0.25) is 0 Å². The van der Waals surface area contributed by atoms with Gasteiger partial charge in [-0.25, -0.2) is 0 Å². The third-order valence-corrected chi connectivity index (χ3v) is 7.58. The molecule has 1 saturated heterocycles. The first-order chi connectivity index (χ1) is 18.5. The van der Waals surface area contributed by atoms with Crippen LogP contribution in [-0.2, 0) is 11.2 Å². The maximum Gasteiger partial charge on any atom is 0.226 e. The first-order valence-electron chi connectivity index (χ1n) is 13.1. The molecule has 0 saturated carbocycles. The van der Waals surface area contributed by atoms with Crippen LogP contribution in [0, 0.1) is 13.8 Å². The number of amides is 1. The summed E-state index contributed by atoms with van der Waals surface area (Å²) in [6.07, 6.45) is 3.14. The van der Waals surface area contributed by atoms with Crippen molar-refractivity contribution in [1.29, 1.82) is 0 Å². The lowest BCUT2D eigenvalue weighted by Gasteiger charge is -2.28. The van der Waals surface area contributed by atoms with Crippen molar-refractivity contribution in [2.45, 2.75) is 45.7 Å². The summed E-state index contributed by atoms with van der Waals surface area (Å²) in [6, 6.07) is 26.2. The molecule has 5 rings (SSSR count). The minimum Gasteiger partial charge on any atom is -0.352 e. The minimum absolute atomic E-state index is 0.0412. The first kappa shape index (κ1) is 25.7. The topological polar surface area (TPSA) is 62.2 Å². The van der Waals surface area contributed by atoms with Crippen molar-refractivity contribution >= 4 is 28.9 Å². The molecule has 1 aliphatic heterocycles. The zero-order valence-electron chi connectivity index (χ0n) is 22.0. The molecule has 0 radical (unpaired) electrons. The van der Waals surface area contributed by atoms with Crippen LogP contribution >= 0.6 is 12.2 Å². The Bertz CT molecular complexity index is 1420. The number of anilines is 1. The van der Waals surface area contributed by atoms with E-state index in [1.807, 2.05) is 54.7 Å². The standard InChI is InChI=1S/C31H33N5OS/c1-4-23-13-15-25(16-14-23)36-21(2)20-26(22(36)3)30-29(27-12-8-9-18-32-27)34-31(38)35(30)19-17-28(37)33-24-10-6-5-7-11-24/h5-16,18,20,29-30H,4,17,19H2,1-3H3,(H,33,37)(H,34,38)/t29-,30-/m1/s1. The van der Waals surface area contributed by atoms with E-state index in [9.17, 15) is 4.79 Å². The minimum atomic E-state index is -0.127. The van der Waals surface area contributed by atoms with E-state index in [1.165, 1.54) is 11.1 Å². The number of hydrogen-bond acceptors (Lipinski definition) is 3. The third-order valence-electron chi connectivity index (χ3n) is 7.23. The average Bonchev–Trinajstić information content (AvgIpc) is 3.42. The van der Waals surface area contributed by atoms with Gasteiger partial charge in [-0.2, -0.15) is 0 Å². The monoisotopic (exact) mass is 523 g/mol. The van der Waals surface area contributed by atoms with Crippen LogP contribution < -0.4 is 10.6 Å². The van der Waals surface area contributed by atoms with Gasteiger partial charge in [0.15, 0.2) is 5.11 Å². The third kappa shape index (κ3) is 5.20. The number of rotatable bonds is 8. The molecular weight excluding hydrogens is 490 g/mol. The summed E-state index contributed by atoms with van der Waals surface area (Å²) in [4.78, 5) is 19.6. The number of carbonyl (C=O) groups is 1. The van der Waals surface area contributed by atoms with Gasteiger partial charge in [0.1, 0.15) is 0 Å². The van der Waals surface area contributed by atoms with Crippen LogP contribution in [0.4, 0.5) is 5.69 Å². The Morgan fingerprint density at radius 3 is 2.45 bits per heavy atom. The molecular formula is C31H33N5OS. The van der Waals surface area contributed by atoms with Crippen LogP contribution in [0.5, 0.6) is 0 Å². The number of carbonyl (C=O) groups excluding carboxylic acids is 1. The normalized spacial score (nSPS) is 16.9. The van der Waals surface area contributed by atoms with Crippen molar-refractivity contribution in [3.8, 4) is 5.69 Å². The highest BCUT2D eigenvalue weighted by molar-refractivity contribution is 7.80. The predicted octanol–water partition coefficient (Wildman–Crippen LogP) is 6.05. The van der Waals surface area contributed by atoms with Crippen LogP contribution in [0.25, 0.3) is 5.69 Å². The Kier molecular flexibility index (Phi) is 7.56. The molecule has 2 N–H and O–H groups in total. The molecule has 2 atom stereocenters. The van der Waals surface area contributed by atoms with Gasteiger partial charge in [-0.1, -0.05) is 43.3 Å². The highest BCUT2D eigenvalue weighted by Gasteiger charge is 2.41. The van der Waals surface area contributed by atoms with Crippen molar-refractivity contribution in [3.63, 3.8) is 0 Å². The van der Waals surface area contributed by atoms with E-state index < -0.39 is 0 Å². The molecule has 1 amide bonds. The Morgan fingerprint density at radius 1 is 1.03 bits per heavy atom. The zero-order chi connectivity index (χ0) is 26.6.